The maximum absolute atomic E-state index is 12.2. The van der Waals surface area contributed by atoms with E-state index in [1.165, 1.54) is 0 Å². The Bertz CT molecular complexity index is 1720. The predicted molar refractivity (Wildman–Crippen MR) is 161 cm³/mol. The van der Waals surface area contributed by atoms with Crippen molar-refractivity contribution in [2.75, 3.05) is 39.5 Å². The van der Waals surface area contributed by atoms with Crippen molar-refractivity contribution in [3.8, 4) is 27.6 Å². The number of morpholine rings is 1. The maximum atomic E-state index is 12.2. The third-order valence-corrected chi connectivity index (χ3v) is 8.71. The van der Waals surface area contributed by atoms with Gasteiger partial charge in [-0.25, -0.2) is 9.78 Å². The number of rotatable bonds is 10. The molecule has 218 valence electrons. The number of carbonyl (C=O) groups is 1. The van der Waals surface area contributed by atoms with E-state index in [9.17, 15) is 9.90 Å². The lowest BCUT2D eigenvalue weighted by molar-refractivity contribution is 0.0322. The fourth-order valence-corrected chi connectivity index (χ4v) is 6.22. The number of halogens is 1. The first-order chi connectivity index (χ1) is 20.4. The lowest BCUT2D eigenvalue weighted by Crippen LogP contribution is -2.38. The molecule has 1 atom stereocenters. The van der Waals surface area contributed by atoms with Gasteiger partial charge < -0.3 is 19.3 Å². The van der Waals surface area contributed by atoms with Crippen molar-refractivity contribution in [3.63, 3.8) is 0 Å². The second-order valence-electron chi connectivity index (χ2n) is 10.0. The van der Waals surface area contributed by atoms with Crippen molar-refractivity contribution >= 4 is 39.9 Å². The van der Waals surface area contributed by atoms with Crippen LogP contribution < -0.4 is 9.47 Å². The lowest BCUT2D eigenvalue weighted by atomic mass is 10.1. The first-order valence-corrected chi connectivity index (χ1v) is 14.8. The highest BCUT2D eigenvalue weighted by Crippen LogP contribution is 2.39. The topological polar surface area (TPSA) is 104 Å². The summed E-state index contributed by atoms with van der Waals surface area (Å²) in [6.45, 7) is 6.36. The smallest absolute Gasteiger partial charge is 0.349 e. The van der Waals surface area contributed by atoms with E-state index in [0.717, 1.165) is 66.3 Å². The molecule has 1 fully saturated rings. The van der Waals surface area contributed by atoms with Crippen LogP contribution in [0.3, 0.4) is 0 Å². The molecule has 3 aromatic heterocycles. The fraction of sp³-hybridized carbons (Fsp3) is 0.300. The van der Waals surface area contributed by atoms with Crippen LogP contribution >= 0.6 is 22.9 Å². The second kappa shape index (κ2) is 12.1. The molecule has 42 heavy (non-hydrogen) atoms. The van der Waals surface area contributed by atoms with Gasteiger partial charge in [0.2, 0.25) is 0 Å². The highest BCUT2D eigenvalue weighted by atomic mass is 35.5. The van der Waals surface area contributed by atoms with E-state index in [1.54, 1.807) is 23.3 Å². The van der Waals surface area contributed by atoms with Crippen molar-refractivity contribution in [2.24, 2.45) is 7.05 Å². The molecule has 0 unspecified atom stereocenters. The van der Waals surface area contributed by atoms with Gasteiger partial charge in [0.15, 0.2) is 4.88 Å². The van der Waals surface area contributed by atoms with Crippen molar-refractivity contribution < 1.29 is 24.1 Å². The van der Waals surface area contributed by atoms with Crippen LogP contribution in [-0.2, 0) is 11.8 Å². The Balaban J connectivity index is 1.21. The highest BCUT2D eigenvalue weighted by Gasteiger charge is 2.23. The Morgan fingerprint density at radius 2 is 2.00 bits per heavy atom. The minimum atomic E-state index is -1.07. The Kier molecular flexibility index (Phi) is 8.16. The lowest BCUT2D eigenvalue weighted by Gasteiger charge is -2.26. The summed E-state index contributed by atoms with van der Waals surface area (Å²) in [5.74, 6) is -0.237. The molecule has 2 aromatic carbocycles. The zero-order valence-electron chi connectivity index (χ0n) is 23.2. The number of imidazole rings is 1. The average molecular weight is 608 g/mol. The van der Waals surface area contributed by atoms with Crippen molar-refractivity contribution in [2.45, 2.75) is 13.0 Å². The number of aromatic nitrogens is 4. The molecule has 1 aliphatic heterocycles. The Labute approximate surface area is 251 Å². The van der Waals surface area contributed by atoms with Crippen LogP contribution in [0.5, 0.6) is 11.5 Å². The molecule has 0 saturated carbocycles. The minimum absolute atomic E-state index is 0.0970. The SMILES string of the molecule is C[C@@H](Oc1cc(-n2cnc3cc(-c4cnn(C)c4)ccc32)sc1C(=O)O)c1cccc(OCCN2CCOCC2)c1Cl. The quantitative estimate of drug-likeness (QED) is 0.216. The maximum Gasteiger partial charge on any atom is 0.349 e. The predicted octanol–water partition coefficient (Wildman–Crippen LogP) is 5.69. The second-order valence-corrected chi connectivity index (χ2v) is 11.4. The Hall–Kier alpha value is -3.90. The van der Waals surface area contributed by atoms with E-state index >= 15 is 0 Å². The van der Waals surface area contributed by atoms with Gasteiger partial charge >= 0.3 is 5.97 Å². The van der Waals surface area contributed by atoms with Gasteiger partial charge in [0.05, 0.1) is 35.5 Å². The van der Waals surface area contributed by atoms with Crippen LogP contribution in [0.2, 0.25) is 5.02 Å². The van der Waals surface area contributed by atoms with Gasteiger partial charge in [0, 0.05) is 50.1 Å². The third kappa shape index (κ3) is 5.86. The summed E-state index contributed by atoms with van der Waals surface area (Å²) in [7, 11) is 1.88. The van der Waals surface area contributed by atoms with E-state index in [0.29, 0.717) is 27.9 Å². The number of carboxylic acid groups (broad SMARTS) is 1. The summed E-state index contributed by atoms with van der Waals surface area (Å²) in [4.78, 5) is 19.2. The van der Waals surface area contributed by atoms with E-state index in [2.05, 4.69) is 15.0 Å². The first kappa shape index (κ1) is 28.2. The molecule has 1 saturated heterocycles. The van der Waals surface area contributed by atoms with E-state index in [4.69, 9.17) is 25.8 Å². The molecule has 12 heteroatoms. The summed E-state index contributed by atoms with van der Waals surface area (Å²) < 4.78 is 21.2. The molecule has 5 aromatic rings. The van der Waals surface area contributed by atoms with Gasteiger partial charge in [-0.1, -0.05) is 29.8 Å². The molecule has 6 rings (SSSR count). The molecule has 0 amide bonds. The average Bonchev–Trinajstić information content (AvgIpc) is 3.72. The number of benzene rings is 2. The van der Waals surface area contributed by atoms with Crippen LogP contribution in [0.4, 0.5) is 0 Å². The largest absolute Gasteiger partial charge is 0.491 e. The van der Waals surface area contributed by atoms with E-state index in [1.807, 2.05) is 61.1 Å². The van der Waals surface area contributed by atoms with Crippen LogP contribution in [-0.4, -0.2) is 74.8 Å². The molecule has 1 N–H and O–H groups in total. The van der Waals surface area contributed by atoms with Gasteiger partial charge in [-0.05, 0) is 30.7 Å². The molecule has 4 heterocycles. The van der Waals surface area contributed by atoms with Crippen LogP contribution in [0.25, 0.3) is 27.2 Å². The number of nitrogens with zero attached hydrogens (tertiary/aromatic N) is 5. The van der Waals surface area contributed by atoms with Gasteiger partial charge in [-0.15, -0.1) is 11.3 Å². The number of aryl methyl sites for hydroxylation is 1. The molecule has 10 nitrogen and oxygen atoms in total. The van der Waals surface area contributed by atoms with Crippen molar-refractivity contribution in [3.05, 3.63) is 76.6 Å². The number of thiophene rings is 1. The Morgan fingerprint density at radius 3 is 2.76 bits per heavy atom. The first-order valence-electron chi connectivity index (χ1n) is 13.6. The fourth-order valence-electron chi connectivity index (χ4n) is 4.97. The molecular weight excluding hydrogens is 578 g/mol. The summed E-state index contributed by atoms with van der Waals surface area (Å²) in [5.41, 5.74) is 4.34. The molecule has 1 aliphatic rings. The van der Waals surface area contributed by atoms with Crippen LogP contribution in [0, 0.1) is 0 Å². The number of carboxylic acids is 1. The van der Waals surface area contributed by atoms with Gasteiger partial charge in [-0.2, -0.15) is 5.10 Å². The van der Waals surface area contributed by atoms with Gasteiger partial charge in [-0.3, -0.25) is 14.1 Å². The van der Waals surface area contributed by atoms with Crippen molar-refractivity contribution in [1.29, 1.82) is 0 Å². The Morgan fingerprint density at radius 1 is 1.17 bits per heavy atom. The van der Waals surface area contributed by atoms with Crippen molar-refractivity contribution in [1.82, 2.24) is 24.2 Å². The number of aromatic carboxylic acids is 1. The zero-order chi connectivity index (χ0) is 29.2. The summed E-state index contributed by atoms with van der Waals surface area (Å²) in [6, 6.07) is 13.2. The summed E-state index contributed by atoms with van der Waals surface area (Å²) >= 11 is 7.86. The minimum Gasteiger partial charge on any atom is -0.491 e. The normalized spacial score (nSPS) is 14.7. The van der Waals surface area contributed by atoms with E-state index in [-0.39, 0.29) is 10.6 Å². The van der Waals surface area contributed by atoms with Gasteiger partial charge in [0.1, 0.15) is 35.5 Å². The number of ether oxygens (including phenoxy) is 3. The summed E-state index contributed by atoms with van der Waals surface area (Å²) in [6.07, 6.45) is 4.92. The van der Waals surface area contributed by atoms with Gasteiger partial charge in [0.25, 0.3) is 0 Å². The number of hydrogen-bond donors (Lipinski definition) is 1. The molecule has 0 spiro atoms. The molecule has 0 radical (unpaired) electrons. The zero-order valence-corrected chi connectivity index (χ0v) is 24.8. The molecular formula is C30H30ClN5O5S. The monoisotopic (exact) mass is 607 g/mol. The third-order valence-electron chi connectivity index (χ3n) is 7.21. The molecule has 0 bridgehead atoms. The van der Waals surface area contributed by atoms with Crippen LogP contribution in [0.1, 0.15) is 28.3 Å². The number of hydrogen-bond acceptors (Lipinski definition) is 8. The molecule has 0 aliphatic carbocycles. The van der Waals surface area contributed by atoms with E-state index < -0.39 is 12.1 Å². The van der Waals surface area contributed by atoms with Crippen LogP contribution in [0.15, 0.2) is 61.2 Å². The number of fused-ring (bicyclic) bond motifs is 1. The standard InChI is InChI=1S/C30H30ClN5O5S/c1-19(22-4-3-5-25(28(22)31)40-13-10-35-8-11-39-12-9-35)41-26-15-27(42-29(26)30(37)38)36-18-32-23-14-20(6-7-24(23)36)21-16-33-34(2)17-21/h3-7,14-19H,8-13H2,1-2H3,(H,37,38)/t19-/m1/s1. The highest BCUT2D eigenvalue weighted by molar-refractivity contribution is 7.16. The summed E-state index contributed by atoms with van der Waals surface area (Å²) in [5, 5.41) is 15.4.